The topological polar surface area (TPSA) is 69.4 Å². The summed E-state index contributed by atoms with van der Waals surface area (Å²) < 4.78 is 27.4. The van der Waals surface area contributed by atoms with Crippen LogP contribution in [0.5, 0.6) is 0 Å². The molecule has 0 aromatic carbocycles. The van der Waals surface area contributed by atoms with Gasteiger partial charge in [-0.3, -0.25) is 0 Å². The molecular formula is C14H29NO3S. The van der Waals surface area contributed by atoms with Gasteiger partial charge in [-0.1, -0.05) is 39.0 Å². The average Bonchev–Trinajstić information content (AvgIpc) is 2.36. The van der Waals surface area contributed by atoms with Crippen LogP contribution in [0.2, 0.25) is 0 Å². The summed E-state index contributed by atoms with van der Waals surface area (Å²) in [6.07, 6.45) is 10.5. The fourth-order valence-electron chi connectivity index (χ4n) is 2.77. The lowest BCUT2D eigenvalue weighted by molar-refractivity contribution is 0.0107. The quantitative estimate of drug-likeness (QED) is 0.664. The van der Waals surface area contributed by atoms with Gasteiger partial charge in [0, 0.05) is 6.61 Å². The summed E-state index contributed by atoms with van der Waals surface area (Å²) in [5.74, 6) is 0.961. The van der Waals surface area contributed by atoms with Crippen LogP contribution in [0.3, 0.4) is 0 Å². The molecule has 5 heteroatoms. The average molecular weight is 291 g/mol. The second-order valence-electron chi connectivity index (χ2n) is 5.71. The molecule has 2 N–H and O–H groups in total. The molecule has 1 aliphatic carbocycles. The summed E-state index contributed by atoms with van der Waals surface area (Å²) in [5.41, 5.74) is 0. The van der Waals surface area contributed by atoms with E-state index in [9.17, 15) is 8.42 Å². The van der Waals surface area contributed by atoms with Crippen LogP contribution in [0.1, 0.15) is 64.7 Å². The number of hydrogen-bond donors (Lipinski definition) is 1. The Morgan fingerprint density at radius 1 is 1.16 bits per heavy atom. The van der Waals surface area contributed by atoms with Crippen molar-refractivity contribution in [3.8, 4) is 0 Å². The van der Waals surface area contributed by atoms with Crippen molar-refractivity contribution in [3.05, 3.63) is 0 Å². The van der Waals surface area contributed by atoms with E-state index >= 15 is 0 Å². The van der Waals surface area contributed by atoms with Crippen molar-refractivity contribution >= 4 is 10.0 Å². The summed E-state index contributed by atoms with van der Waals surface area (Å²) in [4.78, 5) is 0. The van der Waals surface area contributed by atoms with Gasteiger partial charge in [0.05, 0.1) is 11.9 Å². The Kier molecular flexibility index (Phi) is 7.95. The van der Waals surface area contributed by atoms with Crippen molar-refractivity contribution in [2.75, 3.05) is 12.4 Å². The Bertz CT molecular complexity index is 330. The van der Waals surface area contributed by atoms with Crippen LogP contribution >= 0.6 is 0 Å². The Hall–Kier alpha value is -0.130. The number of primary sulfonamides is 1. The van der Waals surface area contributed by atoms with E-state index in [1.165, 1.54) is 32.1 Å². The predicted molar refractivity (Wildman–Crippen MR) is 78.4 cm³/mol. The van der Waals surface area contributed by atoms with E-state index in [1.54, 1.807) is 0 Å². The Balaban J connectivity index is 1.96. The van der Waals surface area contributed by atoms with Gasteiger partial charge in [0.1, 0.15) is 0 Å². The van der Waals surface area contributed by atoms with Crippen molar-refractivity contribution < 1.29 is 13.2 Å². The maximum Gasteiger partial charge on any atom is 0.209 e. The summed E-state index contributed by atoms with van der Waals surface area (Å²) in [7, 11) is -3.27. The number of rotatable bonds is 9. The SMILES string of the molecule is CCC1CCCC(OCCCCCCS(N)(=O)=O)C1. The molecule has 1 rings (SSSR count). The Morgan fingerprint density at radius 3 is 2.58 bits per heavy atom. The molecule has 0 aromatic heterocycles. The van der Waals surface area contributed by atoms with E-state index in [-0.39, 0.29) is 5.75 Å². The lowest BCUT2D eigenvalue weighted by atomic mass is 9.85. The van der Waals surface area contributed by atoms with Crippen LogP contribution < -0.4 is 5.14 Å². The highest BCUT2D eigenvalue weighted by Crippen LogP contribution is 2.28. The molecule has 2 atom stereocenters. The van der Waals surface area contributed by atoms with Crippen LogP contribution in [-0.2, 0) is 14.8 Å². The second-order valence-corrected chi connectivity index (χ2v) is 7.45. The molecule has 0 aliphatic heterocycles. The third-order valence-corrected chi connectivity index (χ3v) is 4.85. The number of sulfonamides is 1. The molecule has 4 nitrogen and oxygen atoms in total. The number of nitrogens with two attached hydrogens (primary N) is 1. The molecule has 0 saturated heterocycles. The molecule has 0 spiro atoms. The van der Waals surface area contributed by atoms with Gasteiger partial charge in [0.15, 0.2) is 0 Å². The summed E-state index contributed by atoms with van der Waals surface area (Å²) in [5, 5.41) is 4.95. The largest absolute Gasteiger partial charge is 0.378 e. The molecule has 1 saturated carbocycles. The van der Waals surface area contributed by atoms with E-state index in [2.05, 4.69) is 6.92 Å². The number of hydrogen-bond acceptors (Lipinski definition) is 3. The van der Waals surface area contributed by atoms with Gasteiger partial charge in [-0.2, -0.15) is 0 Å². The third kappa shape index (κ3) is 8.60. The molecule has 1 fully saturated rings. The first kappa shape index (κ1) is 16.9. The molecule has 19 heavy (non-hydrogen) atoms. The number of unbranched alkanes of at least 4 members (excludes halogenated alkanes) is 3. The first-order chi connectivity index (χ1) is 9.01. The molecule has 0 heterocycles. The lowest BCUT2D eigenvalue weighted by Crippen LogP contribution is -2.23. The zero-order valence-electron chi connectivity index (χ0n) is 12.1. The van der Waals surface area contributed by atoms with Gasteiger partial charge in [-0.15, -0.1) is 0 Å². The minimum absolute atomic E-state index is 0.106. The van der Waals surface area contributed by atoms with E-state index in [0.29, 0.717) is 12.5 Å². The van der Waals surface area contributed by atoms with Gasteiger partial charge in [-0.05, 0) is 31.6 Å². The van der Waals surface area contributed by atoms with Crippen LogP contribution in [-0.4, -0.2) is 26.9 Å². The third-order valence-electron chi connectivity index (χ3n) is 3.99. The normalized spacial score (nSPS) is 24.5. The minimum Gasteiger partial charge on any atom is -0.378 e. The summed E-state index contributed by atoms with van der Waals surface area (Å²) in [6.45, 7) is 3.08. The van der Waals surface area contributed by atoms with Gasteiger partial charge < -0.3 is 4.74 Å². The van der Waals surface area contributed by atoms with Crippen molar-refractivity contribution in [1.29, 1.82) is 0 Å². The zero-order chi connectivity index (χ0) is 14.1. The van der Waals surface area contributed by atoms with Gasteiger partial charge >= 0.3 is 0 Å². The summed E-state index contributed by atoms with van der Waals surface area (Å²) in [6, 6.07) is 0. The van der Waals surface area contributed by atoms with Gasteiger partial charge in [0.2, 0.25) is 10.0 Å². The van der Waals surface area contributed by atoms with Crippen LogP contribution in [0.15, 0.2) is 0 Å². The smallest absolute Gasteiger partial charge is 0.209 e. The minimum atomic E-state index is -3.27. The fraction of sp³-hybridized carbons (Fsp3) is 1.00. The van der Waals surface area contributed by atoms with Crippen molar-refractivity contribution in [1.82, 2.24) is 0 Å². The Morgan fingerprint density at radius 2 is 1.89 bits per heavy atom. The molecule has 0 aromatic rings. The van der Waals surface area contributed by atoms with Crippen molar-refractivity contribution in [2.24, 2.45) is 11.1 Å². The Labute approximate surface area is 118 Å². The van der Waals surface area contributed by atoms with Crippen LogP contribution in [0.25, 0.3) is 0 Å². The second kappa shape index (κ2) is 8.93. The molecular weight excluding hydrogens is 262 g/mol. The molecule has 2 unspecified atom stereocenters. The zero-order valence-corrected chi connectivity index (χ0v) is 13.0. The molecule has 0 bridgehead atoms. The van der Waals surface area contributed by atoms with Crippen molar-refractivity contribution in [2.45, 2.75) is 70.8 Å². The highest BCUT2D eigenvalue weighted by atomic mass is 32.2. The van der Waals surface area contributed by atoms with Crippen LogP contribution in [0, 0.1) is 5.92 Å². The molecule has 1 aliphatic rings. The van der Waals surface area contributed by atoms with E-state index in [4.69, 9.17) is 9.88 Å². The van der Waals surface area contributed by atoms with Gasteiger partial charge in [0.25, 0.3) is 0 Å². The maximum atomic E-state index is 10.7. The molecule has 114 valence electrons. The predicted octanol–water partition coefficient (Wildman–Crippen LogP) is 2.82. The van der Waals surface area contributed by atoms with E-state index in [1.807, 2.05) is 0 Å². The van der Waals surface area contributed by atoms with E-state index < -0.39 is 10.0 Å². The van der Waals surface area contributed by atoms with Crippen molar-refractivity contribution in [3.63, 3.8) is 0 Å². The molecule has 0 amide bonds. The standard InChI is InChI=1S/C14H29NO3S/c1-2-13-8-7-9-14(12-13)18-10-5-3-4-6-11-19(15,16)17/h13-14H,2-12H2,1H3,(H2,15,16,17). The fourth-order valence-corrected chi connectivity index (χ4v) is 3.38. The summed E-state index contributed by atoms with van der Waals surface area (Å²) >= 11 is 0. The highest BCUT2D eigenvalue weighted by Gasteiger charge is 2.20. The molecule has 0 radical (unpaired) electrons. The first-order valence-electron chi connectivity index (χ1n) is 7.63. The lowest BCUT2D eigenvalue weighted by Gasteiger charge is -2.28. The van der Waals surface area contributed by atoms with E-state index in [0.717, 1.165) is 31.8 Å². The highest BCUT2D eigenvalue weighted by molar-refractivity contribution is 7.89. The van der Waals surface area contributed by atoms with Gasteiger partial charge in [-0.25, -0.2) is 13.6 Å². The van der Waals surface area contributed by atoms with Crippen LogP contribution in [0.4, 0.5) is 0 Å². The maximum absolute atomic E-state index is 10.7. The monoisotopic (exact) mass is 291 g/mol. The first-order valence-corrected chi connectivity index (χ1v) is 9.35. The number of ether oxygens (including phenoxy) is 1.